The standard InChI is InChI=1S/C61H39NO/c1-2-15-40(16-3-1)41-29-31-42(32-30-41)43-33-35-44(36-34-43)62(58-27-12-7-20-50(58)52-22-14-23-53-51-21-8-13-28-59(51)63-60(52)53)45-37-38-49-48-19-6-11-26-56(48)61(57(49)39-45)54-24-9-4-17-46(54)47-18-5-10-25-55(47)61/h1-39H. The second-order valence-electron chi connectivity index (χ2n) is 16.7. The summed E-state index contributed by atoms with van der Waals surface area (Å²) in [7, 11) is 0. The number of nitrogens with zero attached hydrogens (tertiary/aromatic N) is 1. The van der Waals surface area contributed by atoms with Crippen molar-refractivity contribution in [3.8, 4) is 55.6 Å². The molecule has 0 saturated carbocycles. The van der Waals surface area contributed by atoms with Crippen LogP contribution in [0.2, 0.25) is 0 Å². The van der Waals surface area contributed by atoms with Gasteiger partial charge in [-0.2, -0.15) is 0 Å². The third kappa shape index (κ3) is 5.25. The van der Waals surface area contributed by atoms with Gasteiger partial charge in [-0.3, -0.25) is 0 Å². The van der Waals surface area contributed by atoms with Crippen molar-refractivity contribution < 1.29 is 4.42 Å². The molecule has 1 aromatic heterocycles. The summed E-state index contributed by atoms with van der Waals surface area (Å²) in [6, 6.07) is 86.4. The monoisotopic (exact) mass is 801 g/mol. The second kappa shape index (κ2) is 13.9. The molecular formula is C61H39NO. The minimum Gasteiger partial charge on any atom is -0.455 e. The first kappa shape index (κ1) is 35.5. The Hall–Kier alpha value is -8.20. The molecule has 0 fully saturated rings. The third-order valence-corrected chi connectivity index (χ3v) is 13.5. The summed E-state index contributed by atoms with van der Waals surface area (Å²) in [5, 5.41) is 2.24. The molecule has 2 aliphatic rings. The van der Waals surface area contributed by atoms with Crippen LogP contribution in [0.1, 0.15) is 22.3 Å². The van der Waals surface area contributed by atoms with E-state index in [2.05, 4.69) is 235 Å². The molecular weight excluding hydrogens is 763 g/mol. The fourth-order valence-electron chi connectivity index (χ4n) is 10.8. The van der Waals surface area contributed by atoms with Gasteiger partial charge in [-0.1, -0.05) is 200 Å². The minimum absolute atomic E-state index is 0.462. The van der Waals surface area contributed by atoms with E-state index in [1.165, 1.54) is 66.8 Å². The van der Waals surface area contributed by atoms with Gasteiger partial charge >= 0.3 is 0 Å². The Bertz CT molecular complexity index is 3500. The molecule has 0 radical (unpaired) electrons. The number of hydrogen-bond donors (Lipinski definition) is 0. The Morgan fingerprint density at radius 2 is 0.762 bits per heavy atom. The summed E-state index contributed by atoms with van der Waals surface area (Å²) in [5.41, 5.74) is 21.9. The number of para-hydroxylation sites is 3. The molecule has 1 spiro atoms. The predicted molar refractivity (Wildman–Crippen MR) is 261 cm³/mol. The lowest BCUT2D eigenvalue weighted by Crippen LogP contribution is -2.26. The fraction of sp³-hybridized carbons (Fsp3) is 0.0164. The molecule has 2 aliphatic carbocycles. The zero-order chi connectivity index (χ0) is 41.5. The lowest BCUT2D eigenvalue weighted by Gasteiger charge is -2.32. The molecule has 0 aliphatic heterocycles. The molecule has 0 N–H and O–H groups in total. The van der Waals surface area contributed by atoms with Gasteiger partial charge in [0.15, 0.2) is 0 Å². The van der Waals surface area contributed by atoms with E-state index in [4.69, 9.17) is 4.42 Å². The van der Waals surface area contributed by atoms with Crippen molar-refractivity contribution >= 4 is 39.0 Å². The fourth-order valence-corrected chi connectivity index (χ4v) is 10.8. The van der Waals surface area contributed by atoms with Crippen LogP contribution in [0.3, 0.4) is 0 Å². The van der Waals surface area contributed by atoms with Crippen molar-refractivity contribution in [3.63, 3.8) is 0 Å². The van der Waals surface area contributed by atoms with Gasteiger partial charge in [0, 0.05) is 33.3 Å². The molecule has 11 aromatic rings. The number of furan rings is 1. The Balaban J connectivity index is 1.02. The molecule has 0 bridgehead atoms. The molecule has 2 nitrogen and oxygen atoms in total. The van der Waals surface area contributed by atoms with Gasteiger partial charge in [0.1, 0.15) is 11.2 Å². The first-order valence-electron chi connectivity index (χ1n) is 21.8. The third-order valence-electron chi connectivity index (χ3n) is 13.5. The summed E-state index contributed by atoms with van der Waals surface area (Å²) in [6.07, 6.45) is 0. The van der Waals surface area contributed by atoms with Crippen LogP contribution in [0, 0.1) is 0 Å². The lowest BCUT2D eigenvalue weighted by molar-refractivity contribution is 0.670. The normalized spacial score (nSPS) is 12.9. The van der Waals surface area contributed by atoms with Gasteiger partial charge in [-0.05, 0) is 103 Å². The van der Waals surface area contributed by atoms with E-state index in [1.807, 2.05) is 6.07 Å². The maximum Gasteiger partial charge on any atom is 0.143 e. The zero-order valence-corrected chi connectivity index (χ0v) is 34.4. The minimum atomic E-state index is -0.462. The average molecular weight is 802 g/mol. The first-order valence-corrected chi connectivity index (χ1v) is 21.8. The van der Waals surface area contributed by atoms with Crippen molar-refractivity contribution in [2.45, 2.75) is 5.41 Å². The largest absolute Gasteiger partial charge is 0.455 e. The molecule has 0 atom stereocenters. The van der Waals surface area contributed by atoms with E-state index in [9.17, 15) is 0 Å². The number of benzene rings is 10. The number of fused-ring (bicyclic) bond motifs is 13. The van der Waals surface area contributed by atoms with Gasteiger partial charge in [-0.15, -0.1) is 0 Å². The maximum atomic E-state index is 6.69. The molecule has 63 heavy (non-hydrogen) atoms. The molecule has 1 heterocycles. The Labute approximate surface area is 366 Å². The molecule has 0 saturated heterocycles. The highest BCUT2D eigenvalue weighted by molar-refractivity contribution is 6.11. The van der Waals surface area contributed by atoms with Crippen LogP contribution in [0.25, 0.3) is 77.6 Å². The van der Waals surface area contributed by atoms with E-state index in [0.717, 1.165) is 50.1 Å². The first-order chi connectivity index (χ1) is 31.3. The average Bonchev–Trinajstić information content (AvgIpc) is 3.99. The SMILES string of the molecule is c1ccc(-c2ccc(-c3ccc(N(c4ccc5c(c4)C4(c6ccccc6-c6ccccc64)c4ccccc4-5)c4ccccc4-c4cccc5c4oc4ccccc45)cc3)cc2)cc1. The topological polar surface area (TPSA) is 16.4 Å². The van der Waals surface area contributed by atoms with E-state index in [0.29, 0.717) is 0 Å². The number of anilines is 3. The van der Waals surface area contributed by atoms with Crippen molar-refractivity contribution in [2.75, 3.05) is 4.90 Å². The molecule has 13 rings (SSSR count). The number of hydrogen-bond acceptors (Lipinski definition) is 2. The quantitative estimate of drug-likeness (QED) is 0.167. The van der Waals surface area contributed by atoms with Crippen LogP contribution in [0.4, 0.5) is 17.1 Å². The van der Waals surface area contributed by atoms with Gasteiger partial charge in [-0.25, -0.2) is 0 Å². The number of rotatable bonds is 6. The predicted octanol–water partition coefficient (Wildman–Crippen LogP) is 16.4. The van der Waals surface area contributed by atoms with Gasteiger partial charge < -0.3 is 9.32 Å². The highest BCUT2D eigenvalue weighted by Crippen LogP contribution is 2.63. The van der Waals surface area contributed by atoms with E-state index < -0.39 is 5.41 Å². The summed E-state index contributed by atoms with van der Waals surface area (Å²) in [6.45, 7) is 0. The summed E-state index contributed by atoms with van der Waals surface area (Å²) in [5.74, 6) is 0. The maximum absolute atomic E-state index is 6.69. The van der Waals surface area contributed by atoms with Crippen LogP contribution in [-0.2, 0) is 5.41 Å². The Kier molecular flexibility index (Phi) is 7.85. The summed E-state index contributed by atoms with van der Waals surface area (Å²) in [4.78, 5) is 2.45. The Morgan fingerprint density at radius 1 is 0.302 bits per heavy atom. The summed E-state index contributed by atoms with van der Waals surface area (Å²) < 4.78 is 6.69. The van der Waals surface area contributed by atoms with Gasteiger partial charge in [0.05, 0.1) is 11.1 Å². The summed E-state index contributed by atoms with van der Waals surface area (Å²) >= 11 is 0. The van der Waals surface area contributed by atoms with E-state index in [-0.39, 0.29) is 0 Å². The lowest BCUT2D eigenvalue weighted by atomic mass is 9.70. The van der Waals surface area contributed by atoms with Crippen molar-refractivity contribution in [1.82, 2.24) is 0 Å². The van der Waals surface area contributed by atoms with Crippen LogP contribution in [-0.4, -0.2) is 0 Å². The smallest absolute Gasteiger partial charge is 0.143 e. The van der Waals surface area contributed by atoms with Crippen LogP contribution < -0.4 is 4.90 Å². The van der Waals surface area contributed by atoms with E-state index in [1.54, 1.807) is 0 Å². The van der Waals surface area contributed by atoms with Crippen LogP contribution >= 0.6 is 0 Å². The molecule has 0 amide bonds. The van der Waals surface area contributed by atoms with Gasteiger partial charge in [0.2, 0.25) is 0 Å². The molecule has 2 heteroatoms. The zero-order valence-electron chi connectivity index (χ0n) is 34.4. The van der Waals surface area contributed by atoms with Crippen molar-refractivity contribution in [1.29, 1.82) is 0 Å². The van der Waals surface area contributed by atoms with Crippen molar-refractivity contribution in [2.24, 2.45) is 0 Å². The van der Waals surface area contributed by atoms with Crippen LogP contribution in [0.5, 0.6) is 0 Å². The molecule has 10 aromatic carbocycles. The molecule has 294 valence electrons. The van der Waals surface area contributed by atoms with Crippen molar-refractivity contribution in [3.05, 3.63) is 259 Å². The highest BCUT2D eigenvalue weighted by Gasteiger charge is 2.51. The van der Waals surface area contributed by atoms with Crippen LogP contribution in [0.15, 0.2) is 241 Å². The van der Waals surface area contributed by atoms with Gasteiger partial charge in [0.25, 0.3) is 0 Å². The Morgan fingerprint density at radius 3 is 1.41 bits per heavy atom. The van der Waals surface area contributed by atoms with E-state index >= 15 is 0 Å². The highest BCUT2D eigenvalue weighted by atomic mass is 16.3. The second-order valence-corrected chi connectivity index (χ2v) is 16.7. The molecule has 0 unspecified atom stereocenters.